The molecule has 7 nitrogen and oxygen atoms in total. The molecule has 23 heavy (non-hydrogen) atoms. The Hall–Kier alpha value is -2.67. The Morgan fingerprint density at radius 1 is 1.22 bits per heavy atom. The number of rotatable bonds is 6. The molecule has 1 amide bonds. The zero-order valence-electron chi connectivity index (χ0n) is 12.3. The van der Waals surface area contributed by atoms with Gasteiger partial charge in [0.1, 0.15) is 6.33 Å². The van der Waals surface area contributed by atoms with E-state index < -0.39 is 0 Å². The highest BCUT2D eigenvalue weighted by Gasteiger charge is 2.07. The number of carbonyl (C=O) groups excluding carboxylic acids is 1. The van der Waals surface area contributed by atoms with Gasteiger partial charge in [-0.05, 0) is 5.56 Å². The smallest absolute Gasteiger partial charge is 0.248 e. The Labute approximate surface area is 137 Å². The standard InChI is InChI=1S/C15H15ClN6O/c16-13-8-18-21(10-13)7-6-14(23)19-15-17-11-22(20-15)9-12-4-2-1-3-5-12/h1-5,8,10-11H,6-7,9H2,(H,19,20,23). The van der Waals surface area contributed by atoms with E-state index in [1.165, 1.54) is 6.20 Å². The van der Waals surface area contributed by atoms with Crippen LogP contribution in [0.5, 0.6) is 0 Å². The van der Waals surface area contributed by atoms with Gasteiger partial charge in [0.25, 0.3) is 0 Å². The predicted molar refractivity (Wildman–Crippen MR) is 86.0 cm³/mol. The van der Waals surface area contributed by atoms with E-state index in [0.717, 1.165) is 5.56 Å². The van der Waals surface area contributed by atoms with Gasteiger partial charge in [0.05, 0.1) is 17.8 Å². The minimum absolute atomic E-state index is 0.172. The highest BCUT2D eigenvalue weighted by Crippen LogP contribution is 2.06. The number of anilines is 1. The first-order valence-corrected chi connectivity index (χ1v) is 7.48. The van der Waals surface area contributed by atoms with Crippen LogP contribution < -0.4 is 5.32 Å². The molecule has 1 N–H and O–H groups in total. The van der Waals surface area contributed by atoms with Crippen LogP contribution in [0.2, 0.25) is 5.02 Å². The molecule has 0 bridgehead atoms. The van der Waals surface area contributed by atoms with Crippen molar-refractivity contribution < 1.29 is 4.79 Å². The van der Waals surface area contributed by atoms with Crippen molar-refractivity contribution in [1.82, 2.24) is 24.5 Å². The SMILES string of the molecule is O=C(CCn1cc(Cl)cn1)Nc1ncn(Cc2ccccc2)n1. The predicted octanol–water partition coefficient (Wildman–Crippen LogP) is 2.21. The van der Waals surface area contributed by atoms with E-state index in [0.29, 0.717) is 24.1 Å². The molecule has 0 radical (unpaired) electrons. The van der Waals surface area contributed by atoms with Gasteiger partial charge in [0, 0.05) is 19.2 Å². The Kier molecular flexibility index (Phi) is 4.68. The van der Waals surface area contributed by atoms with Gasteiger partial charge in [0.2, 0.25) is 11.9 Å². The number of carbonyl (C=O) groups is 1. The van der Waals surface area contributed by atoms with Gasteiger partial charge in [0.15, 0.2) is 0 Å². The maximum atomic E-state index is 11.9. The molecule has 0 atom stereocenters. The second-order valence-corrected chi connectivity index (χ2v) is 5.41. The van der Waals surface area contributed by atoms with Gasteiger partial charge in [-0.25, -0.2) is 9.67 Å². The lowest BCUT2D eigenvalue weighted by Gasteiger charge is -2.02. The summed E-state index contributed by atoms with van der Waals surface area (Å²) in [4.78, 5) is 16.0. The number of benzene rings is 1. The minimum atomic E-state index is -0.172. The number of hydrogen-bond acceptors (Lipinski definition) is 4. The number of nitrogens with one attached hydrogen (secondary N) is 1. The van der Waals surface area contributed by atoms with Crippen molar-refractivity contribution in [3.05, 3.63) is 59.6 Å². The third-order valence-electron chi connectivity index (χ3n) is 3.14. The molecule has 8 heteroatoms. The molecule has 3 aromatic rings. The number of hydrogen-bond donors (Lipinski definition) is 1. The van der Waals surface area contributed by atoms with Gasteiger partial charge in [-0.3, -0.25) is 14.8 Å². The normalized spacial score (nSPS) is 10.7. The number of halogens is 1. The summed E-state index contributed by atoms with van der Waals surface area (Å²) in [5.41, 5.74) is 1.12. The molecular formula is C15H15ClN6O. The summed E-state index contributed by atoms with van der Waals surface area (Å²) in [6.45, 7) is 1.05. The van der Waals surface area contributed by atoms with Crippen molar-refractivity contribution in [3.8, 4) is 0 Å². The summed E-state index contributed by atoms with van der Waals surface area (Å²) in [7, 11) is 0. The monoisotopic (exact) mass is 330 g/mol. The second kappa shape index (κ2) is 7.06. The molecule has 0 aliphatic rings. The van der Waals surface area contributed by atoms with E-state index in [9.17, 15) is 4.79 Å². The molecule has 118 valence electrons. The Balaban J connectivity index is 1.51. The van der Waals surface area contributed by atoms with Crippen LogP contribution in [0.3, 0.4) is 0 Å². The van der Waals surface area contributed by atoms with Crippen LogP contribution in [-0.2, 0) is 17.9 Å². The minimum Gasteiger partial charge on any atom is -0.293 e. The van der Waals surface area contributed by atoms with Crippen molar-refractivity contribution in [2.24, 2.45) is 0 Å². The largest absolute Gasteiger partial charge is 0.293 e. The van der Waals surface area contributed by atoms with Crippen LogP contribution in [0.25, 0.3) is 0 Å². The molecule has 0 aliphatic heterocycles. The van der Waals surface area contributed by atoms with Gasteiger partial charge < -0.3 is 0 Å². The van der Waals surface area contributed by atoms with E-state index >= 15 is 0 Å². The van der Waals surface area contributed by atoms with Crippen molar-refractivity contribution in [2.75, 3.05) is 5.32 Å². The average molecular weight is 331 g/mol. The maximum Gasteiger partial charge on any atom is 0.248 e. The van der Waals surface area contributed by atoms with Crippen LogP contribution in [0.1, 0.15) is 12.0 Å². The summed E-state index contributed by atoms with van der Waals surface area (Å²) in [6, 6.07) is 9.92. The molecule has 3 rings (SSSR count). The number of aryl methyl sites for hydroxylation is 1. The zero-order valence-corrected chi connectivity index (χ0v) is 13.0. The first kappa shape index (κ1) is 15.2. The summed E-state index contributed by atoms with van der Waals surface area (Å²) >= 11 is 5.77. The molecule has 0 aliphatic carbocycles. The second-order valence-electron chi connectivity index (χ2n) is 4.97. The summed E-state index contributed by atoms with van der Waals surface area (Å²) < 4.78 is 3.29. The van der Waals surface area contributed by atoms with Gasteiger partial charge >= 0.3 is 0 Å². The molecule has 0 unspecified atom stereocenters. The fraction of sp³-hybridized carbons (Fsp3) is 0.200. The molecule has 2 heterocycles. The Bertz CT molecular complexity index is 782. The van der Waals surface area contributed by atoms with Crippen molar-refractivity contribution in [1.29, 1.82) is 0 Å². The molecule has 0 spiro atoms. The maximum absolute atomic E-state index is 11.9. The molecule has 0 saturated heterocycles. The molecular weight excluding hydrogens is 316 g/mol. The summed E-state index contributed by atoms with van der Waals surface area (Å²) in [5, 5.41) is 11.5. The highest BCUT2D eigenvalue weighted by molar-refractivity contribution is 6.30. The molecule has 1 aromatic carbocycles. The molecule has 0 fully saturated rings. The number of amides is 1. The van der Waals surface area contributed by atoms with Crippen LogP contribution in [0.15, 0.2) is 49.1 Å². The lowest BCUT2D eigenvalue weighted by molar-refractivity contribution is -0.116. The van der Waals surface area contributed by atoms with Crippen LogP contribution in [-0.4, -0.2) is 30.5 Å². The van der Waals surface area contributed by atoms with E-state index in [4.69, 9.17) is 11.6 Å². The topological polar surface area (TPSA) is 77.6 Å². The lowest BCUT2D eigenvalue weighted by Crippen LogP contribution is -2.16. The van der Waals surface area contributed by atoms with Crippen molar-refractivity contribution in [2.45, 2.75) is 19.5 Å². The fourth-order valence-corrected chi connectivity index (χ4v) is 2.22. The van der Waals surface area contributed by atoms with Crippen LogP contribution in [0, 0.1) is 0 Å². The third-order valence-corrected chi connectivity index (χ3v) is 3.34. The van der Waals surface area contributed by atoms with E-state index in [1.807, 2.05) is 30.3 Å². The van der Waals surface area contributed by atoms with Crippen LogP contribution in [0.4, 0.5) is 5.95 Å². The lowest BCUT2D eigenvalue weighted by atomic mass is 10.2. The Morgan fingerprint density at radius 3 is 2.78 bits per heavy atom. The quantitative estimate of drug-likeness (QED) is 0.751. The molecule has 0 saturated carbocycles. The number of nitrogens with zero attached hydrogens (tertiary/aromatic N) is 5. The molecule has 2 aromatic heterocycles. The zero-order chi connectivity index (χ0) is 16.1. The third kappa shape index (κ3) is 4.40. The number of aromatic nitrogens is 5. The van der Waals surface area contributed by atoms with Gasteiger partial charge in [-0.2, -0.15) is 5.10 Å². The Morgan fingerprint density at radius 2 is 2.04 bits per heavy atom. The first-order chi connectivity index (χ1) is 11.2. The van der Waals surface area contributed by atoms with E-state index in [2.05, 4.69) is 20.5 Å². The van der Waals surface area contributed by atoms with Crippen molar-refractivity contribution in [3.63, 3.8) is 0 Å². The van der Waals surface area contributed by atoms with Gasteiger partial charge in [-0.1, -0.05) is 41.9 Å². The average Bonchev–Trinajstić information content (AvgIpc) is 3.15. The summed E-state index contributed by atoms with van der Waals surface area (Å²) in [5.74, 6) is 0.124. The summed E-state index contributed by atoms with van der Waals surface area (Å²) in [6.07, 6.45) is 5.06. The van der Waals surface area contributed by atoms with E-state index in [1.54, 1.807) is 21.9 Å². The van der Waals surface area contributed by atoms with Gasteiger partial charge in [-0.15, -0.1) is 5.10 Å². The van der Waals surface area contributed by atoms with Crippen LogP contribution >= 0.6 is 11.6 Å². The highest BCUT2D eigenvalue weighted by atomic mass is 35.5. The first-order valence-electron chi connectivity index (χ1n) is 7.10. The fourth-order valence-electron chi connectivity index (χ4n) is 2.06. The van der Waals surface area contributed by atoms with Crippen molar-refractivity contribution >= 4 is 23.5 Å². The van der Waals surface area contributed by atoms with E-state index in [-0.39, 0.29) is 12.3 Å².